The van der Waals surface area contributed by atoms with Crippen LogP contribution in [0, 0.1) is 5.92 Å². The Kier molecular flexibility index (Phi) is 5.01. The molecule has 1 unspecified atom stereocenters. The minimum Gasteiger partial charge on any atom is -0.341 e. The van der Waals surface area contributed by atoms with E-state index in [0.717, 1.165) is 32.5 Å². The third-order valence-electron chi connectivity index (χ3n) is 4.30. The molecule has 0 aromatic carbocycles. The van der Waals surface area contributed by atoms with E-state index in [9.17, 15) is 4.79 Å². The molecular weight excluding hydrogens is 226 g/mol. The number of nitrogens with zero attached hydrogens (tertiary/aromatic N) is 2. The summed E-state index contributed by atoms with van der Waals surface area (Å²) < 4.78 is 0. The van der Waals surface area contributed by atoms with E-state index in [1.165, 1.54) is 25.9 Å². The normalized spacial score (nSPS) is 27.8. The summed E-state index contributed by atoms with van der Waals surface area (Å²) >= 11 is 0. The highest BCUT2D eigenvalue weighted by molar-refractivity contribution is 5.82. The van der Waals surface area contributed by atoms with Crippen LogP contribution in [0.25, 0.3) is 0 Å². The number of nitrogens with one attached hydrogen (secondary N) is 1. The second-order valence-electron chi connectivity index (χ2n) is 5.78. The zero-order valence-corrected chi connectivity index (χ0v) is 11.8. The Morgan fingerprint density at radius 1 is 1.22 bits per heavy atom. The first kappa shape index (κ1) is 13.8. The lowest BCUT2D eigenvalue weighted by atomic mass is 9.95. The number of carbonyl (C=O) groups excluding carboxylic acids is 1. The van der Waals surface area contributed by atoms with Gasteiger partial charge in [-0.05, 0) is 58.3 Å². The van der Waals surface area contributed by atoms with Gasteiger partial charge in [0.1, 0.15) is 0 Å². The molecule has 2 fully saturated rings. The van der Waals surface area contributed by atoms with Crippen molar-refractivity contribution < 1.29 is 4.79 Å². The number of hydrogen-bond acceptors (Lipinski definition) is 3. The molecule has 2 saturated heterocycles. The van der Waals surface area contributed by atoms with Crippen LogP contribution in [0.2, 0.25) is 0 Å². The van der Waals surface area contributed by atoms with Crippen LogP contribution in [-0.4, -0.2) is 61.5 Å². The zero-order valence-electron chi connectivity index (χ0n) is 11.8. The molecule has 0 radical (unpaired) electrons. The molecule has 4 nitrogen and oxygen atoms in total. The van der Waals surface area contributed by atoms with E-state index in [0.29, 0.717) is 11.8 Å². The predicted octanol–water partition coefficient (Wildman–Crippen LogP) is 0.929. The number of likely N-dealkylation sites (N-methyl/N-ethyl adjacent to an activating group) is 1. The fraction of sp³-hybridized carbons (Fsp3) is 0.929. The number of piperidine rings is 2. The van der Waals surface area contributed by atoms with Crippen LogP contribution in [0.1, 0.15) is 32.6 Å². The molecule has 1 N–H and O–H groups in total. The minimum atomic E-state index is 0.0787. The second kappa shape index (κ2) is 6.53. The van der Waals surface area contributed by atoms with Gasteiger partial charge in [-0.15, -0.1) is 0 Å². The number of rotatable bonds is 4. The zero-order chi connectivity index (χ0) is 13.0. The summed E-state index contributed by atoms with van der Waals surface area (Å²) in [5, 5.41) is 3.31. The van der Waals surface area contributed by atoms with Gasteiger partial charge in [0.2, 0.25) is 5.91 Å². The average Bonchev–Trinajstić information content (AvgIpc) is 2.37. The Labute approximate surface area is 111 Å². The fourth-order valence-corrected chi connectivity index (χ4v) is 3.11. The minimum absolute atomic E-state index is 0.0787. The quantitative estimate of drug-likeness (QED) is 0.809. The standard InChI is InChI=1S/C14H27N3O/c1-3-15-13-5-4-8-17(14(13)18)11-12-6-9-16(2)10-7-12/h12-13,15H,3-11H2,1-2H3. The summed E-state index contributed by atoms with van der Waals surface area (Å²) in [5.41, 5.74) is 0. The SMILES string of the molecule is CCNC1CCCN(CC2CCN(C)CC2)C1=O. The molecule has 0 aliphatic carbocycles. The Morgan fingerprint density at radius 3 is 2.61 bits per heavy atom. The highest BCUT2D eigenvalue weighted by Gasteiger charge is 2.30. The summed E-state index contributed by atoms with van der Waals surface area (Å²) in [6, 6.07) is 0.0787. The van der Waals surface area contributed by atoms with Crippen molar-refractivity contribution in [3.05, 3.63) is 0 Å². The van der Waals surface area contributed by atoms with Crippen molar-refractivity contribution in [2.24, 2.45) is 5.92 Å². The van der Waals surface area contributed by atoms with Gasteiger partial charge in [0, 0.05) is 13.1 Å². The average molecular weight is 253 g/mol. The van der Waals surface area contributed by atoms with Gasteiger partial charge in [0.05, 0.1) is 6.04 Å². The van der Waals surface area contributed by atoms with E-state index >= 15 is 0 Å². The first-order valence-corrected chi connectivity index (χ1v) is 7.41. The van der Waals surface area contributed by atoms with Crippen LogP contribution in [0.4, 0.5) is 0 Å². The summed E-state index contributed by atoms with van der Waals surface area (Å²) in [7, 11) is 2.18. The van der Waals surface area contributed by atoms with Gasteiger partial charge < -0.3 is 15.1 Å². The molecule has 2 aliphatic rings. The lowest BCUT2D eigenvalue weighted by Crippen LogP contribution is -2.52. The fourth-order valence-electron chi connectivity index (χ4n) is 3.11. The van der Waals surface area contributed by atoms with E-state index in [2.05, 4.69) is 29.1 Å². The molecule has 0 spiro atoms. The molecular formula is C14H27N3O. The van der Waals surface area contributed by atoms with Crippen LogP contribution >= 0.6 is 0 Å². The number of amides is 1. The maximum Gasteiger partial charge on any atom is 0.239 e. The third kappa shape index (κ3) is 3.45. The highest BCUT2D eigenvalue weighted by Crippen LogP contribution is 2.20. The Balaban J connectivity index is 1.82. The molecule has 0 aromatic rings. The van der Waals surface area contributed by atoms with Crippen molar-refractivity contribution in [1.29, 1.82) is 0 Å². The van der Waals surface area contributed by atoms with E-state index in [-0.39, 0.29) is 6.04 Å². The summed E-state index contributed by atoms with van der Waals surface area (Å²) in [6.07, 6.45) is 4.64. The molecule has 0 saturated carbocycles. The molecule has 1 amide bonds. The predicted molar refractivity (Wildman–Crippen MR) is 73.5 cm³/mol. The van der Waals surface area contributed by atoms with Crippen molar-refractivity contribution in [3.8, 4) is 0 Å². The molecule has 0 aromatic heterocycles. The topological polar surface area (TPSA) is 35.6 Å². The highest BCUT2D eigenvalue weighted by atomic mass is 16.2. The van der Waals surface area contributed by atoms with Gasteiger partial charge >= 0.3 is 0 Å². The summed E-state index contributed by atoms with van der Waals surface area (Å²) in [5.74, 6) is 1.05. The van der Waals surface area contributed by atoms with E-state index in [4.69, 9.17) is 0 Å². The lowest BCUT2D eigenvalue weighted by Gasteiger charge is -2.37. The maximum absolute atomic E-state index is 12.3. The number of carbonyl (C=O) groups is 1. The molecule has 0 bridgehead atoms. The largest absolute Gasteiger partial charge is 0.341 e. The van der Waals surface area contributed by atoms with Crippen LogP contribution in [-0.2, 0) is 4.79 Å². The summed E-state index contributed by atoms with van der Waals surface area (Å²) in [6.45, 7) is 7.27. The first-order chi connectivity index (χ1) is 8.70. The maximum atomic E-state index is 12.3. The molecule has 2 rings (SSSR count). The van der Waals surface area contributed by atoms with E-state index in [1.54, 1.807) is 0 Å². The van der Waals surface area contributed by atoms with Gasteiger partial charge in [-0.3, -0.25) is 4.79 Å². The van der Waals surface area contributed by atoms with Crippen LogP contribution in [0.15, 0.2) is 0 Å². The van der Waals surface area contributed by atoms with Crippen molar-refractivity contribution in [3.63, 3.8) is 0 Å². The van der Waals surface area contributed by atoms with Gasteiger partial charge in [0.15, 0.2) is 0 Å². The van der Waals surface area contributed by atoms with Gasteiger partial charge in [-0.2, -0.15) is 0 Å². The molecule has 2 heterocycles. The number of likely N-dealkylation sites (tertiary alicyclic amines) is 2. The Bertz CT molecular complexity index is 272. The monoisotopic (exact) mass is 253 g/mol. The molecule has 104 valence electrons. The van der Waals surface area contributed by atoms with Crippen LogP contribution < -0.4 is 5.32 Å². The Hall–Kier alpha value is -0.610. The molecule has 4 heteroatoms. The second-order valence-corrected chi connectivity index (χ2v) is 5.78. The van der Waals surface area contributed by atoms with Crippen molar-refractivity contribution in [1.82, 2.24) is 15.1 Å². The van der Waals surface area contributed by atoms with Gasteiger partial charge in [-0.1, -0.05) is 6.92 Å². The molecule has 2 aliphatic heterocycles. The third-order valence-corrected chi connectivity index (χ3v) is 4.30. The van der Waals surface area contributed by atoms with Crippen LogP contribution in [0.5, 0.6) is 0 Å². The van der Waals surface area contributed by atoms with Gasteiger partial charge in [-0.25, -0.2) is 0 Å². The summed E-state index contributed by atoms with van der Waals surface area (Å²) in [4.78, 5) is 16.8. The van der Waals surface area contributed by atoms with E-state index < -0.39 is 0 Å². The first-order valence-electron chi connectivity index (χ1n) is 7.41. The van der Waals surface area contributed by atoms with Crippen molar-refractivity contribution in [2.45, 2.75) is 38.6 Å². The molecule has 1 atom stereocenters. The van der Waals surface area contributed by atoms with E-state index in [1.807, 2.05) is 0 Å². The smallest absolute Gasteiger partial charge is 0.239 e. The van der Waals surface area contributed by atoms with Crippen molar-refractivity contribution >= 4 is 5.91 Å². The van der Waals surface area contributed by atoms with Crippen molar-refractivity contribution in [2.75, 3.05) is 39.8 Å². The molecule has 18 heavy (non-hydrogen) atoms. The van der Waals surface area contributed by atoms with Crippen LogP contribution in [0.3, 0.4) is 0 Å². The lowest BCUT2D eigenvalue weighted by molar-refractivity contribution is -0.136. The van der Waals surface area contributed by atoms with Gasteiger partial charge in [0.25, 0.3) is 0 Å². The number of hydrogen-bond donors (Lipinski definition) is 1. The Morgan fingerprint density at radius 2 is 1.94 bits per heavy atom.